The lowest BCUT2D eigenvalue weighted by molar-refractivity contribution is -0.137. The SMILES string of the molecule is CC(CCC(=O)O)NC(=O)c1ccc(S(=O)(=O)N2CCNC(=O)C2)cc1. The van der Waals surface area contributed by atoms with Crippen LogP contribution in [0.25, 0.3) is 0 Å². The van der Waals surface area contributed by atoms with Crippen LogP contribution in [-0.2, 0) is 19.6 Å². The molecule has 0 bridgehead atoms. The van der Waals surface area contributed by atoms with Crippen molar-refractivity contribution in [1.29, 1.82) is 0 Å². The molecule has 10 heteroatoms. The number of aliphatic carboxylic acids is 1. The van der Waals surface area contributed by atoms with Gasteiger partial charge in [-0.2, -0.15) is 4.31 Å². The second-order valence-electron chi connectivity index (χ2n) is 6.02. The van der Waals surface area contributed by atoms with Gasteiger partial charge in [0.15, 0.2) is 0 Å². The Morgan fingerprint density at radius 1 is 1.31 bits per heavy atom. The highest BCUT2D eigenvalue weighted by molar-refractivity contribution is 7.89. The smallest absolute Gasteiger partial charge is 0.303 e. The molecule has 1 atom stereocenters. The van der Waals surface area contributed by atoms with Crippen LogP contribution in [0.5, 0.6) is 0 Å². The molecule has 1 aromatic carbocycles. The Morgan fingerprint density at radius 3 is 2.54 bits per heavy atom. The van der Waals surface area contributed by atoms with Crippen LogP contribution in [0.1, 0.15) is 30.1 Å². The summed E-state index contributed by atoms with van der Waals surface area (Å²) in [6, 6.07) is 5.08. The van der Waals surface area contributed by atoms with E-state index in [1.165, 1.54) is 24.3 Å². The van der Waals surface area contributed by atoms with Gasteiger partial charge in [0.1, 0.15) is 0 Å². The molecule has 142 valence electrons. The number of rotatable bonds is 7. The molecular formula is C16H21N3O6S. The number of nitrogens with zero attached hydrogens (tertiary/aromatic N) is 1. The van der Waals surface area contributed by atoms with Gasteiger partial charge in [-0.25, -0.2) is 8.42 Å². The monoisotopic (exact) mass is 383 g/mol. The second kappa shape index (κ2) is 8.28. The largest absolute Gasteiger partial charge is 0.481 e. The van der Waals surface area contributed by atoms with Gasteiger partial charge in [0.05, 0.1) is 11.4 Å². The lowest BCUT2D eigenvalue weighted by Crippen LogP contribution is -2.49. The summed E-state index contributed by atoms with van der Waals surface area (Å²) < 4.78 is 26.2. The molecule has 1 aliphatic heterocycles. The Kier molecular flexibility index (Phi) is 6.32. The maximum atomic E-state index is 12.5. The van der Waals surface area contributed by atoms with Gasteiger partial charge < -0.3 is 15.7 Å². The molecule has 9 nitrogen and oxygen atoms in total. The van der Waals surface area contributed by atoms with Crippen molar-refractivity contribution in [2.45, 2.75) is 30.7 Å². The van der Waals surface area contributed by atoms with Crippen LogP contribution >= 0.6 is 0 Å². The predicted molar refractivity (Wildman–Crippen MR) is 92.0 cm³/mol. The molecule has 1 fully saturated rings. The molecule has 3 N–H and O–H groups in total. The molecule has 26 heavy (non-hydrogen) atoms. The maximum absolute atomic E-state index is 12.5. The first-order chi connectivity index (χ1) is 12.2. The summed E-state index contributed by atoms with van der Waals surface area (Å²) in [6.07, 6.45) is 0.243. The molecule has 0 aromatic heterocycles. The highest BCUT2D eigenvalue weighted by Crippen LogP contribution is 2.17. The van der Waals surface area contributed by atoms with E-state index in [2.05, 4.69) is 10.6 Å². The van der Waals surface area contributed by atoms with Crippen LogP contribution < -0.4 is 10.6 Å². The molecule has 2 amide bonds. The zero-order valence-electron chi connectivity index (χ0n) is 14.3. The predicted octanol–water partition coefficient (Wildman–Crippen LogP) is -0.210. The normalized spacial score (nSPS) is 16.6. The Morgan fingerprint density at radius 2 is 1.96 bits per heavy atom. The van der Waals surface area contributed by atoms with E-state index >= 15 is 0 Å². The van der Waals surface area contributed by atoms with Gasteiger partial charge in [-0.3, -0.25) is 14.4 Å². The second-order valence-corrected chi connectivity index (χ2v) is 7.96. The number of benzene rings is 1. The third kappa shape index (κ3) is 5.02. The van der Waals surface area contributed by atoms with E-state index in [0.717, 1.165) is 4.31 Å². The fourth-order valence-electron chi connectivity index (χ4n) is 2.47. The number of carbonyl (C=O) groups is 3. The molecule has 0 radical (unpaired) electrons. The highest BCUT2D eigenvalue weighted by Gasteiger charge is 2.29. The highest BCUT2D eigenvalue weighted by atomic mass is 32.2. The first-order valence-electron chi connectivity index (χ1n) is 8.09. The quantitative estimate of drug-likeness (QED) is 0.597. The van der Waals surface area contributed by atoms with E-state index in [1.807, 2.05) is 0 Å². The first kappa shape index (κ1) is 19.9. The van der Waals surface area contributed by atoms with Gasteiger partial charge in [-0.1, -0.05) is 0 Å². The van der Waals surface area contributed by atoms with Crippen LogP contribution in [0.15, 0.2) is 29.2 Å². The zero-order chi connectivity index (χ0) is 19.3. The van der Waals surface area contributed by atoms with Gasteiger partial charge in [0.25, 0.3) is 5.91 Å². The summed E-state index contributed by atoms with van der Waals surface area (Å²) in [7, 11) is -3.80. The van der Waals surface area contributed by atoms with E-state index in [1.54, 1.807) is 6.92 Å². The van der Waals surface area contributed by atoms with Crippen molar-refractivity contribution in [1.82, 2.24) is 14.9 Å². The third-order valence-electron chi connectivity index (χ3n) is 3.93. The first-order valence-corrected chi connectivity index (χ1v) is 9.53. The third-order valence-corrected chi connectivity index (χ3v) is 5.79. The molecule has 2 rings (SSSR count). The topological polar surface area (TPSA) is 133 Å². The van der Waals surface area contributed by atoms with Crippen LogP contribution in [0, 0.1) is 0 Å². The van der Waals surface area contributed by atoms with Crippen molar-refractivity contribution in [3.05, 3.63) is 29.8 Å². The van der Waals surface area contributed by atoms with Crippen LogP contribution in [0.3, 0.4) is 0 Å². The molecule has 1 aliphatic rings. The van der Waals surface area contributed by atoms with E-state index < -0.39 is 21.9 Å². The Bertz CT molecular complexity index is 791. The summed E-state index contributed by atoms with van der Waals surface area (Å²) in [6.45, 7) is 1.91. The fourth-order valence-corrected chi connectivity index (χ4v) is 3.86. The van der Waals surface area contributed by atoms with Crippen molar-refractivity contribution in [3.8, 4) is 0 Å². The number of hydrogen-bond acceptors (Lipinski definition) is 5. The van der Waals surface area contributed by atoms with Crippen LogP contribution in [0.4, 0.5) is 0 Å². The molecule has 0 saturated carbocycles. The van der Waals surface area contributed by atoms with Crippen molar-refractivity contribution >= 4 is 27.8 Å². The van der Waals surface area contributed by atoms with Gasteiger partial charge >= 0.3 is 5.97 Å². The summed E-state index contributed by atoms with van der Waals surface area (Å²) >= 11 is 0. The fraction of sp³-hybridized carbons (Fsp3) is 0.438. The van der Waals surface area contributed by atoms with E-state index in [-0.39, 0.29) is 48.5 Å². The lowest BCUT2D eigenvalue weighted by Gasteiger charge is -2.25. The average molecular weight is 383 g/mol. The number of sulfonamides is 1. The van der Waals surface area contributed by atoms with Crippen molar-refractivity contribution < 1.29 is 27.9 Å². The molecular weight excluding hydrogens is 362 g/mol. The van der Waals surface area contributed by atoms with Crippen molar-refractivity contribution in [3.63, 3.8) is 0 Å². The lowest BCUT2D eigenvalue weighted by atomic mass is 10.1. The molecule has 1 heterocycles. The van der Waals surface area contributed by atoms with Gasteiger partial charge in [0.2, 0.25) is 15.9 Å². The summed E-state index contributed by atoms with van der Waals surface area (Å²) in [4.78, 5) is 34.1. The number of nitrogens with one attached hydrogen (secondary N) is 2. The maximum Gasteiger partial charge on any atom is 0.303 e. The Hall–Kier alpha value is -2.46. The minimum absolute atomic E-state index is 0.00248. The minimum Gasteiger partial charge on any atom is -0.481 e. The van der Waals surface area contributed by atoms with E-state index in [4.69, 9.17) is 5.11 Å². The van der Waals surface area contributed by atoms with Gasteiger partial charge in [0, 0.05) is 31.1 Å². The standard InChI is InChI=1S/C16H21N3O6S/c1-11(2-7-15(21)22)18-16(23)12-3-5-13(6-4-12)26(24,25)19-9-8-17-14(20)10-19/h3-6,11H,2,7-10H2,1H3,(H,17,20)(H,18,23)(H,21,22). The molecule has 1 unspecified atom stereocenters. The number of amides is 2. The number of piperazine rings is 1. The zero-order valence-corrected chi connectivity index (χ0v) is 15.1. The van der Waals surface area contributed by atoms with Crippen LogP contribution in [0.2, 0.25) is 0 Å². The summed E-state index contributed by atoms with van der Waals surface area (Å²) in [5.41, 5.74) is 0.266. The minimum atomic E-state index is -3.80. The van der Waals surface area contributed by atoms with Crippen LogP contribution in [-0.4, -0.2) is 61.3 Å². The molecule has 0 spiro atoms. The van der Waals surface area contributed by atoms with Crippen molar-refractivity contribution in [2.24, 2.45) is 0 Å². The Balaban J connectivity index is 2.04. The number of carboxylic acid groups (broad SMARTS) is 1. The van der Waals surface area contributed by atoms with Gasteiger partial charge in [-0.15, -0.1) is 0 Å². The van der Waals surface area contributed by atoms with E-state index in [0.29, 0.717) is 6.42 Å². The Labute approximate surface area is 151 Å². The summed E-state index contributed by atoms with van der Waals surface area (Å²) in [5.74, 6) is -1.71. The number of hydrogen-bond donors (Lipinski definition) is 3. The molecule has 1 aromatic rings. The summed E-state index contributed by atoms with van der Waals surface area (Å²) in [5, 5.41) is 13.9. The van der Waals surface area contributed by atoms with Crippen molar-refractivity contribution in [2.75, 3.05) is 19.6 Å². The average Bonchev–Trinajstić information content (AvgIpc) is 2.60. The van der Waals surface area contributed by atoms with E-state index in [9.17, 15) is 22.8 Å². The molecule has 0 aliphatic carbocycles. The molecule has 1 saturated heterocycles. The van der Waals surface area contributed by atoms with Gasteiger partial charge in [-0.05, 0) is 37.6 Å². The number of carboxylic acids is 1. The number of carbonyl (C=O) groups excluding carboxylic acids is 2.